The highest BCUT2D eigenvalue weighted by molar-refractivity contribution is 6.05. The number of aromatic amines is 1. The zero-order valence-corrected chi connectivity index (χ0v) is 15.0. The molecule has 7 heteroatoms. The summed E-state index contributed by atoms with van der Waals surface area (Å²) in [6, 6.07) is 2.56. The number of nitrogens with zero attached hydrogens (tertiary/aromatic N) is 3. The van der Waals surface area contributed by atoms with Crippen molar-refractivity contribution in [3.63, 3.8) is 0 Å². The van der Waals surface area contributed by atoms with E-state index >= 15 is 0 Å². The fourth-order valence-corrected chi connectivity index (χ4v) is 4.66. The van der Waals surface area contributed by atoms with Crippen molar-refractivity contribution in [1.29, 1.82) is 0 Å². The molecule has 1 aliphatic carbocycles. The SMILES string of the molecule is Cc1nn2c([nH]c3cc(F)cc(C(N)=O)c32)c1C1(C)CN(CC2CC2)C1. The van der Waals surface area contributed by atoms with E-state index in [4.69, 9.17) is 5.73 Å². The third kappa shape index (κ3) is 2.19. The van der Waals surface area contributed by atoms with Crippen LogP contribution < -0.4 is 5.73 Å². The van der Waals surface area contributed by atoms with Gasteiger partial charge in [-0.05, 0) is 37.8 Å². The lowest BCUT2D eigenvalue weighted by Crippen LogP contribution is -2.58. The number of amides is 1. The number of H-pyrrole nitrogens is 1. The lowest BCUT2D eigenvalue weighted by atomic mass is 9.75. The number of fused-ring (bicyclic) bond motifs is 3. The normalized spacial score (nSPS) is 20.0. The number of hydrogen-bond donors (Lipinski definition) is 2. The predicted octanol–water partition coefficient (Wildman–Crippen LogP) is 2.35. The highest BCUT2D eigenvalue weighted by Gasteiger charge is 2.45. The molecule has 26 heavy (non-hydrogen) atoms. The van der Waals surface area contributed by atoms with E-state index in [-0.39, 0.29) is 11.0 Å². The van der Waals surface area contributed by atoms with Gasteiger partial charge in [0.15, 0.2) is 0 Å². The van der Waals surface area contributed by atoms with Gasteiger partial charge in [0.25, 0.3) is 5.91 Å². The van der Waals surface area contributed by atoms with E-state index in [0.29, 0.717) is 11.0 Å². The van der Waals surface area contributed by atoms with Gasteiger partial charge in [-0.3, -0.25) is 4.79 Å². The highest BCUT2D eigenvalue weighted by atomic mass is 19.1. The predicted molar refractivity (Wildman–Crippen MR) is 96.8 cm³/mol. The quantitative estimate of drug-likeness (QED) is 0.754. The molecule has 1 aliphatic heterocycles. The van der Waals surface area contributed by atoms with E-state index in [2.05, 4.69) is 21.9 Å². The Labute approximate surface area is 150 Å². The Hall–Kier alpha value is -2.41. The lowest BCUT2D eigenvalue weighted by Gasteiger charge is -2.48. The minimum Gasteiger partial charge on any atom is -0.366 e. The van der Waals surface area contributed by atoms with Gasteiger partial charge in [-0.25, -0.2) is 8.91 Å². The van der Waals surface area contributed by atoms with Crippen LogP contribution in [0.1, 0.15) is 41.4 Å². The molecule has 3 N–H and O–H groups in total. The number of imidazole rings is 1. The number of aryl methyl sites for hydroxylation is 1. The molecule has 3 heterocycles. The number of carbonyl (C=O) groups excluding carboxylic acids is 1. The maximum Gasteiger partial charge on any atom is 0.251 e. The first-order valence-electron chi connectivity index (χ1n) is 9.09. The van der Waals surface area contributed by atoms with Crippen molar-refractivity contribution in [2.75, 3.05) is 19.6 Å². The van der Waals surface area contributed by atoms with Crippen LogP contribution in [0.5, 0.6) is 0 Å². The Kier molecular flexibility index (Phi) is 3.08. The van der Waals surface area contributed by atoms with E-state index in [1.807, 2.05) is 6.92 Å². The van der Waals surface area contributed by atoms with Gasteiger partial charge in [0.1, 0.15) is 17.0 Å². The van der Waals surface area contributed by atoms with Crippen LogP contribution in [-0.4, -0.2) is 45.0 Å². The van der Waals surface area contributed by atoms with E-state index in [9.17, 15) is 9.18 Å². The zero-order valence-electron chi connectivity index (χ0n) is 15.0. The molecular weight excluding hydrogens is 333 g/mol. The molecule has 1 amide bonds. The van der Waals surface area contributed by atoms with Crippen molar-refractivity contribution >= 4 is 22.6 Å². The smallest absolute Gasteiger partial charge is 0.251 e. The molecule has 0 unspecified atom stereocenters. The Morgan fingerprint density at radius 1 is 1.42 bits per heavy atom. The third-order valence-corrected chi connectivity index (χ3v) is 5.83. The number of primary amides is 1. The van der Waals surface area contributed by atoms with Gasteiger partial charge in [-0.2, -0.15) is 5.10 Å². The number of likely N-dealkylation sites (tertiary alicyclic amines) is 1. The van der Waals surface area contributed by atoms with Crippen LogP contribution >= 0.6 is 0 Å². The second-order valence-corrected chi connectivity index (χ2v) is 8.23. The van der Waals surface area contributed by atoms with Crippen molar-refractivity contribution in [3.05, 3.63) is 34.8 Å². The van der Waals surface area contributed by atoms with Crippen LogP contribution in [0, 0.1) is 18.7 Å². The van der Waals surface area contributed by atoms with Gasteiger partial charge >= 0.3 is 0 Å². The summed E-state index contributed by atoms with van der Waals surface area (Å²) in [7, 11) is 0. The topological polar surface area (TPSA) is 79.4 Å². The van der Waals surface area contributed by atoms with E-state index in [1.54, 1.807) is 4.52 Å². The number of nitrogens with one attached hydrogen (secondary N) is 1. The maximum atomic E-state index is 13.9. The average molecular weight is 355 g/mol. The summed E-state index contributed by atoms with van der Waals surface area (Å²) in [5, 5.41) is 4.66. The molecule has 6 nitrogen and oxygen atoms in total. The van der Waals surface area contributed by atoms with Gasteiger partial charge in [-0.15, -0.1) is 0 Å². The summed E-state index contributed by atoms with van der Waals surface area (Å²) >= 11 is 0. The lowest BCUT2D eigenvalue weighted by molar-refractivity contribution is 0.0737. The molecule has 3 aromatic rings. The Morgan fingerprint density at radius 2 is 2.15 bits per heavy atom. The minimum absolute atomic E-state index is 0.00698. The summed E-state index contributed by atoms with van der Waals surface area (Å²) < 4.78 is 15.6. The van der Waals surface area contributed by atoms with Gasteiger partial charge in [0.05, 0.1) is 16.8 Å². The molecule has 0 radical (unpaired) electrons. The molecule has 1 saturated carbocycles. The summed E-state index contributed by atoms with van der Waals surface area (Å²) in [6.45, 7) is 7.42. The van der Waals surface area contributed by atoms with E-state index < -0.39 is 11.7 Å². The number of rotatable bonds is 4. The maximum absolute atomic E-state index is 13.9. The minimum atomic E-state index is -0.657. The summed E-state index contributed by atoms with van der Waals surface area (Å²) in [5.41, 5.74) is 9.63. The summed E-state index contributed by atoms with van der Waals surface area (Å²) in [5.74, 6) is -0.267. The fourth-order valence-electron chi connectivity index (χ4n) is 4.66. The van der Waals surface area contributed by atoms with Crippen molar-refractivity contribution < 1.29 is 9.18 Å². The molecule has 0 spiro atoms. The first-order chi connectivity index (χ1) is 12.4. The first kappa shape index (κ1) is 15.8. The van der Waals surface area contributed by atoms with Crippen molar-refractivity contribution in [2.24, 2.45) is 11.7 Å². The van der Waals surface area contributed by atoms with Crippen LogP contribution in [0.25, 0.3) is 16.7 Å². The molecule has 1 saturated heterocycles. The Balaban J connectivity index is 1.64. The molecular formula is C19H22FN5O. The molecule has 2 fully saturated rings. The zero-order chi connectivity index (χ0) is 18.2. The third-order valence-electron chi connectivity index (χ3n) is 5.83. The molecule has 2 aromatic heterocycles. The molecule has 0 atom stereocenters. The molecule has 0 bridgehead atoms. The Morgan fingerprint density at radius 3 is 2.81 bits per heavy atom. The van der Waals surface area contributed by atoms with Crippen LogP contribution in [-0.2, 0) is 5.41 Å². The fraction of sp³-hybridized carbons (Fsp3) is 0.474. The number of aromatic nitrogens is 3. The van der Waals surface area contributed by atoms with Crippen LogP contribution in [0.4, 0.5) is 4.39 Å². The number of hydrogen-bond acceptors (Lipinski definition) is 3. The van der Waals surface area contributed by atoms with Gasteiger partial charge < -0.3 is 15.6 Å². The number of benzene rings is 1. The molecule has 5 rings (SSSR count). The van der Waals surface area contributed by atoms with Crippen LogP contribution in [0.2, 0.25) is 0 Å². The first-order valence-corrected chi connectivity index (χ1v) is 9.09. The second kappa shape index (κ2) is 5.07. The molecule has 2 aliphatic rings. The standard InChI is InChI=1S/C19H22FN5O/c1-10-15(19(2)8-24(9-19)7-11-3-4-11)18-22-14-6-12(20)5-13(17(21)26)16(14)25(18)23-10/h5-6,11,22H,3-4,7-9H2,1-2H3,(H2,21,26). The second-order valence-electron chi connectivity index (χ2n) is 8.23. The molecule has 136 valence electrons. The highest BCUT2D eigenvalue weighted by Crippen LogP contribution is 2.41. The number of halogens is 1. The van der Waals surface area contributed by atoms with Crippen LogP contribution in [0.3, 0.4) is 0 Å². The molecule has 1 aromatic carbocycles. The monoisotopic (exact) mass is 355 g/mol. The summed E-state index contributed by atoms with van der Waals surface area (Å²) in [4.78, 5) is 17.6. The van der Waals surface area contributed by atoms with Gasteiger partial charge in [0.2, 0.25) is 0 Å². The average Bonchev–Trinajstić information content (AvgIpc) is 3.19. The van der Waals surface area contributed by atoms with E-state index in [0.717, 1.165) is 35.9 Å². The number of nitrogens with two attached hydrogens (primary N) is 1. The number of carbonyl (C=O) groups is 1. The summed E-state index contributed by atoms with van der Waals surface area (Å²) in [6.07, 6.45) is 2.71. The van der Waals surface area contributed by atoms with E-state index in [1.165, 1.54) is 31.5 Å². The Bertz CT molecular complexity index is 1060. The van der Waals surface area contributed by atoms with Crippen LogP contribution in [0.15, 0.2) is 12.1 Å². The van der Waals surface area contributed by atoms with Gasteiger partial charge in [0, 0.05) is 30.6 Å². The van der Waals surface area contributed by atoms with Gasteiger partial charge in [-0.1, -0.05) is 6.92 Å². The van der Waals surface area contributed by atoms with Crippen molar-refractivity contribution in [1.82, 2.24) is 19.5 Å². The van der Waals surface area contributed by atoms with Crippen molar-refractivity contribution in [2.45, 2.75) is 32.1 Å². The largest absolute Gasteiger partial charge is 0.366 e. The van der Waals surface area contributed by atoms with Crippen molar-refractivity contribution in [3.8, 4) is 0 Å².